The van der Waals surface area contributed by atoms with Crippen molar-refractivity contribution in [3.8, 4) is 0 Å². The summed E-state index contributed by atoms with van der Waals surface area (Å²) in [6.07, 6.45) is 22.4. The van der Waals surface area contributed by atoms with E-state index in [9.17, 15) is 4.79 Å². The zero-order valence-electron chi connectivity index (χ0n) is 30.6. The summed E-state index contributed by atoms with van der Waals surface area (Å²) in [5.74, 6) is -0.253. The van der Waals surface area contributed by atoms with Gasteiger partial charge >= 0.3 is 5.97 Å². The Morgan fingerprint density at radius 3 is 0.935 bits per heavy atom. The molecule has 0 heterocycles. The smallest absolute Gasteiger partial charge is 0.308 e. The van der Waals surface area contributed by atoms with Gasteiger partial charge in [-0.05, 0) is 27.2 Å². The maximum Gasteiger partial charge on any atom is 0.308 e. The highest BCUT2D eigenvalue weighted by Gasteiger charge is 2.15. The van der Waals surface area contributed by atoms with E-state index in [0.29, 0.717) is 85.9 Å². The standard InChI is InChI=1S/C37H74O9/c1-5-6-7-8-9-10-11-12-13-14-15-16-17-18-19-20-22-39-24-26-41-28-30-43-32-34-45-35-33-44-31-29-42-27-25-40-23-21-36(38)46-37(2,3)4/h5-35H2,1-4H3. The van der Waals surface area contributed by atoms with Gasteiger partial charge in [0.25, 0.3) is 0 Å². The van der Waals surface area contributed by atoms with E-state index in [1.165, 1.54) is 96.3 Å². The molecule has 0 rings (SSSR count). The number of rotatable bonds is 38. The van der Waals surface area contributed by atoms with Crippen molar-refractivity contribution in [3.05, 3.63) is 0 Å². The van der Waals surface area contributed by atoms with Crippen LogP contribution in [0.4, 0.5) is 0 Å². The van der Waals surface area contributed by atoms with Crippen LogP contribution < -0.4 is 0 Å². The summed E-state index contributed by atoms with van der Waals surface area (Å²) in [5.41, 5.74) is -0.463. The normalized spacial score (nSPS) is 11.8. The first-order chi connectivity index (χ1) is 22.5. The summed E-state index contributed by atoms with van der Waals surface area (Å²) < 4.78 is 43.8. The lowest BCUT2D eigenvalue weighted by Gasteiger charge is -2.19. The Hall–Kier alpha value is -0.810. The van der Waals surface area contributed by atoms with E-state index < -0.39 is 5.60 Å². The lowest BCUT2D eigenvalue weighted by Crippen LogP contribution is -2.24. The molecule has 0 aromatic carbocycles. The maximum absolute atomic E-state index is 11.6. The molecular formula is C37H74O9. The molecule has 0 aliphatic carbocycles. The highest BCUT2D eigenvalue weighted by atomic mass is 16.6. The van der Waals surface area contributed by atoms with Crippen molar-refractivity contribution in [2.45, 2.75) is 142 Å². The Labute approximate surface area is 283 Å². The van der Waals surface area contributed by atoms with E-state index >= 15 is 0 Å². The summed E-state index contributed by atoms with van der Waals surface area (Å²) in [7, 11) is 0. The predicted octanol–water partition coefficient (Wildman–Crippen LogP) is 8.10. The van der Waals surface area contributed by atoms with Gasteiger partial charge in [-0.1, -0.05) is 103 Å². The van der Waals surface area contributed by atoms with Crippen molar-refractivity contribution < 1.29 is 42.7 Å². The Morgan fingerprint density at radius 1 is 0.370 bits per heavy atom. The summed E-state index contributed by atoms with van der Waals surface area (Å²) in [5, 5.41) is 0. The van der Waals surface area contributed by atoms with Gasteiger partial charge in [0.15, 0.2) is 0 Å². The maximum atomic E-state index is 11.6. The van der Waals surface area contributed by atoms with Gasteiger partial charge < -0.3 is 37.9 Å². The Morgan fingerprint density at radius 2 is 0.630 bits per heavy atom. The van der Waals surface area contributed by atoms with Crippen LogP contribution in [0.1, 0.15) is 137 Å². The van der Waals surface area contributed by atoms with Crippen molar-refractivity contribution in [2.75, 3.05) is 92.5 Å². The fourth-order valence-corrected chi connectivity index (χ4v) is 4.72. The van der Waals surface area contributed by atoms with E-state index in [0.717, 1.165) is 13.0 Å². The first kappa shape index (κ1) is 45.2. The molecular weight excluding hydrogens is 588 g/mol. The van der Waals surface area contributed by atoms with Gasteiger partial charge in [-0.25, -0.2) is 0 Å². The third-order valence-corrected chi connectivity index (χ3v) is 7.24. The molecule has 0 aromatic rings. The number of hydrogen-bond donors (Lipinski definition) is 0. The van der Waals surface area contributed by atoms with Crippen LogP contribution in [0, 0.1) is 0 Å². The second kappa shape index (κ2) is 37.0. The molecule has 0 atom stereocenters. The molecule has 0 saturated carbocycles. The van der Waals surface area contributed by atoms with E-state index in [2.05, 4.69) is 6.92 Å². The van der Waals surface area contributed by atoms with Crippen molar-refractivity contribution >= 4 is 5.97 Å². The third-order valence-electron chi connectivity index (χ3n) is 7.24. The Kier molecular flexibility index (Phi) is 36.4. The Balaban J connectivity index is 3.09. The monoisotopic (exact) mass is 663 g/mol. The minimum absolute atomic E-state index is 0.244. The molecule has 0 saturated heterocycles. The van der Waals surface area contributed by atoms with Gasteiger partial charge in [-0.3, -0.25) is 4.79 Å². The molecule has 9 heteroatoms. The number of hydrogen-bond acceptors (Lipinski definition) is 9. The fourth-order valence-electron chi connectivity index (χ4n) is 4.72. The van der Waals surface area contributed by atoms with E-state index in [4.69, 9.17) is 37.9 Å². The van der Waals surface area contributed by atoms with Gasteiger partial charge in [-0.2, -0.15) is 0 Å². The van der Waals surface area contributed by atoms with Crippen LogP contribution in [0.2, 0.25) is 0 Å². The highest BCUT2D eigenvalue weighted by molar-refractivity contribution is 5.69. The van der Waals surface area contributed by atoms with Crippen molar-refractivity contribution in [1.82, 2.24) is 0 Å². The average Bonchev–Trinajstić information content (AvgIpc) is 3.01. The summed E-state index contributed by atoms with van der Waals surface area (Å²) >= 11 is 0. The summed E-state index contributed by atoms with van der Waals surface area (Å²) in [4.78, 5) is 11.6. The number of esters is 1. The van der Waals surface area contributed by atoms with Crippen molar-refractivity contribution in [2.24, 2.45) is 0 Å². The molecule has 0 radical (unpaired) electrons. The largest absolute Gasteiger partial charge is 0.460 e. The molecule has 0 aliphatic rings. The molecule has 276 valence electrons. The van der Waals surface area contributed by atoms with Crippen molar-refractivity contribution in [1.29, 1.82) is 0 Å². The molecule has 0 fully saturated rings. The fraction of sp³-hybridized carbons (Fsp3) is 0.973. The minimum atomic E-state index is -0.463. The predicted molar refractivity (Wildman–Crippen MR) is 186 cm³/mol. The Bertz CT molecular complexity index is 598. The van der Waals surface area contributed by atoms with Crippen LogP contribution in [0.15, 0.2) is 0 Å². The lowest BCUT2D eigenvalue weighted by atomic mass is 10.0. The zero-order chi connectivity index (χ0) is 33.7. The molecule has 0 bridgehead atoms. The molecule has 0 spiro atoms. The van der Waals surface area contributed by atoms with Crippen molar-refractivity contribution in [3.63, 3.8) is 0 Å². The van der Waals surface area contributed by atoms with E-state index in [1.54, 1.807) is 0 Å². The lowest BCUT2D eigenvalue weighted by molar-refractivity contribution is -0.156. The molecule has 0 amide bonds. The topological polar surface area (TPSA) is 90.9 Å². The van der Waals surface area contributed by atoms with Crippen LogP contribution in [0.25, 0.3) is 0 Å². The number of carbonyl (C=O) groups excluding carboxylic acids is 1. The second-order valence-corrected chi connectivity index (χ2v) is 12.9. The molecule has 0 aliphatic heterocycles. The first-order valence-corrected chi connectivity index (χ1v) is 18.7. The van der Waals surface area contributed by atoms with Crippen LogP contribution in [-0.2, 0) is 42.7 Å². The number of carbonyl (C=O) groups is 1. The number of ether oxygens (including phenoxy) is 8. The summed E-state index contributed by atoms with van der Waals surface area (Å²) in [6, 6.07) is 0. The van der Waals surface area contributed by atoms with Gasteiger partial charge in [0, 0.05) is 6.61 Å². The summed E-state index contributed by atoms with van der Waals surface area (Å²) in [6.45, 7) is 15.4. The van der Waals surface area contributed by atoms with E-state index in [-0.39, 0.29) is 12.4 Å². The van der Waals surface area contributed by atoms with Gasteiger partial charge in [0.05, 0.1) is 92.3 Å². The van der Waals surface area contributed by atoms with Crippen LogP contribution in [0.3, 0.4) is 0 Å². The second-order valence-electron chi connectivity index (χ2n) is 12.9. The molecule has 0 aromatic heterocycles. The minimum Gasteiger partial charge on any atom is -0.460 e. The quantitative estimate of drug-likeness (QED) is 0.0480. The third kappa shape index (κ3) is 41.2. The van der Waals surface area contributed by atoms with Gasteiger partial charge in [-0.15, -0.1) is 0 Å². The zero-order valence-corrected chi connectivity index (χ0v) is 30.6. The highest BCUT2D eigenvalue weighted by Crippen LogP contribution is 2.14. The molecule has 46 heavy (non-hydrogen) atoms. The van der Waals surface area contributed by atoms with Gasteiger partial charge in [0.1, 0.15) is 5.60 Å². The number of unbranched alkanes of at least 4 members (excludes halogenated alkanes) is 15. The van der Waals surface area contributed by atoms with Gasteiger partial charge in [0.2, 0.25) is 0 Å². The first-order valence-electron chi connectivity index (χ1n) is 18.7. The SMILES string of the molecule is CCCCCCCCCCCCCCCCCCOCCOCCOCCOCCOCCOCCOCCC(=O)OC(C)(C)C. The molecule has 9 nitrogen and oxygen atoms in total. The molecule has 0 N–H and O–H groups in total. The van der Waals surface area contributed by atoms with Crippen LogP contribution >= 0.6 is 0 Å². The van der Waals surface area contributed by atoms with E-state index in [1.807, 2.05) is 20.8 Å². The molecule has 0 unspecified atom stereocenters. The van der Waals surface area contributed by atoms with Crippen LogP contribution in [-0.4, -0.2) is 104 Å². The van der Waals surface area contributed by atoms with Crippen LogP contribution in [0.5, 0.6) is 0 Å². The average molecular weight is 663 g/mol.